The van der Waals surface area contributed by atoms with Gasteiger partial charge >= 0.3 is 0 Å². The first kappa shape index (κ1) is 43.7. The first-order valence-electron chi connectivity index (χ1n) is 21.5. The predicted octanol–water partition coefficient (Wildman–Crippen LogP) is 14.5. The summed E-state index contributed by atoms with van der Waals surface area (Å²) in [6.45, 7) is 9.78. The molecule has 5 heteroatoms. The fourth-order valence-electron chi connectivity index (χ4n) is 7.07. The van der Waals surface area contributed by atoms with Gasteiger partial charge in [0.25, 0.3) is 0 Å². The quantitative estimate of drug-likeness (QED) is 0.0684. The van der Waals surface area contributed by atoms with Gasteiger partial charge in [-0.15, -0.1) is 0 Å². The van der Waals surface area contributed by atoms with Gasteiger partial charge in [-0.1, -0.05) is 160 Å². The molecule has 0 aliphatic heterocycles. The molecule has 6 aromatic carbocycles. The summed E-state index contributed by atoms with van der Waals surface area (Å²) in [7, 11) is 2.11. The van der Waals surface area contributed by atoms with Gasteiger partial charge in [-0.2, -0.15) is 0 Å². The van der Waals surface area contributed by atoms with Crippen molar-refractivity contribution in [2.75, 3.05) is 11.9 Å². The Balaban J connectivity index is 1.07. The van der Waals surface area contributed by atoms with Crippen molar-refractivity contribution in [3.05, 3.63) is 203 Å². The third kappa shape index (κ3) is 13.6. The van der Waals surface area contributed by atoms with Crippen LogP contribution in [0.15, 0.2) is 170 Å². The van der Waals surface area contributed by atoms with Crippen molar-refractivity contribution < 1.29 is 18.9 Å². The standard InChI is InChI=1S/C55H61NO4/c1-6-14-42(3)59-54(48-26-34-52(35-27-48)57-40-46-16-10-8-11-17-46)38-24-44-20-30-50(31-21-44)56(5)51-32-22-45(23-33-51)25-39-55(60-43(4)15-7-2)49-28-36-53(37-29-49)58-41-47-18-12-9-13-19-47/h8-13,16-39,42-43,54-55H,6-7,14-15,40-41H2,1-5H3. The maximum atomic E-state index is 6.55. The van der Waals surface area contributed by atoms with Gasteiger partial charge < -0.3 is 23.8 Å². The molecule has 0 fully saturated rings. The molecule has 4 atom stereocenters. The number of anilines is 2. The Labute approximate surface area is 358 Å². The minimum atomic E-state index is -0.170. The highest BCUT2D eigenvalue weighted by Crippen LogP contribution is 2.30. The second-order valence-electron chi connectivity index (χ2n) is 15.5. The molecule has 0 saturated heterocycles. The van der Waals surface area contributed by atoms with E-state index in [1.165, 1.54) is 0 Å². The fourth-order valence-corrected chi connectivity index (χ4v) is 7.07. The SMILES string of the molecule is CCCC(C)OC(C=Cc1ccc(N(C)c2ccc(C=CC(OC(C)CCC)c3ccc(OCc4ccccc4)cc3)cc2)cc1)c1ccc(OCc2ccccc2)cc1. The summed E-state index contributed by atoms with van der Waals surface area (Å²) in [4.78, 5) is 2.21. The number of benzene rings is 6. The maximum absolute atomic E-state index is 6.55. The Morgan fingerprint density at radius 3 is 1.18 bits per heavy atom. The van der Waals surface area contributed by atoms with Crippen molar-refractivity contribution in [2.24, 2.45) is 0 Å². The third-order valence-corrected chi connectivity index (χ3v) is 10.5. The third-order valence-electron chi connectivity index (χ3n) is 10.5. The van der Waals surface area contributed by atoms with Crippen LogP contribution < -0.4 is 14.4 Å². The molecular formula is C55H61NO4. The van der Waals surface area contributed by atoms with Crippen LogP contribution in [-0.4, -0.2) is 19.3 Å². The summed E-state index contributed by atoms with van der Waals surface area (Å²) in [6, 6.07) is 54.3. The molecule has 0 aromatic heterocycles. The summed E-state index contributed by atoms with van der Waals surface area (Å²) < 4.78 is 25.2. The molecule has 0 saturated carbocycles. The highest BCUT2D eigenvalue weighted by atomic mass is 16.5. The lowest BCUT2D eigenvalue weighted by atomic mass is 10.1. The average molecular weight is 800 g/mol. The first-order valence-corrected chi connectivity index (χ1v) is 21.5. The van der Waals surface area contributed by atoms with Crippen molar-refractivity contribution in [1.82, 2.24) is 0 Å². The van der Waals surface area contributed by atoms with E-state index in [0.717, 1.165) is 81.9 Å². The van der Waals surface area contributed by atoms with Crippen LogP contribution in [0.3, 0.4) is 0 Å². The van der Waals surface area contributed by atoms with E-state index in [1.54, 1.807) is 0 Å². The van der Waals surface area contributed by atoms with Crippen molar-refractivity contribution in [1.29, 1.82) is 0 Å². The minimum Gasteiger partial charge on any atom is -0.489 e. The summed E-state index contributed by atoms with van der Waals surface area (Å²) in [5.41, 5.74) is 8.95. The minimum absolute atomic E-state index is 0.143. The lowest BCUT2D eigenvalue weighted by Crippen LogP contribution is -2.12. The molecule has 310 valence electrons. The van der Waals surface area contributed by atoms with E-state index in [0.29, 0.717) is 13.2 Å². The van der Waals surface area contributed by atoms with Crippen molar-refractivity contribution in [3.8, 4) is 11.5 Å². The van der Waals surface area contributed by atoms with Crippen LogP contribution in [0.4, 0.5) is 11.4 Å². The molecule has 0 radical (unpaired) electrons. The molecule has 6 aromatic rings. The van der Waals surface area contributed by atoms with Gasteiger partial charge in [0.1, 0.15) is 36.9 Å². The average Bonchev–Trinajstić information content (AvgIpc) is 3.29. The van der Waals surface area contributed by atoms with Crippen molar-refractivity contribution >= 4 is 23.5 Å². The van der Waals surface area contributed by atoms with Crippen LogP contribution >= 0.6 is 0 Å². The van der Waals surface area contributed by atoms with E-state index in [9.17, 15) is 0 Å². The zero-order valence-corrected chi connectivity index (χ0v) is 36.0. The van der Waals surface area contributed by atoms with E-state index in [-0.39, 0.29) is 24.4 Å². The molecule has 0 amide bonds. The molecule has 0 bridgehead atoms. The van der Waals surface area contributed by atoms with Crippen molar-refractivity contribution in [3.63, 3.8) is 0 Å². The fraction of sp³-hybridized carbons (Fsp3) is 0.273. The zero-order valence-electron chi connectivity index (χ0n) is 36.0. The Morgan fingerprint density at radius 2 is 0.833 bits per heavy atom. The summed E-state index contributed by atoms with van der Waals surface area (Å²) in [5.74, 6) is 1.69. The molecule has 6 rings (SSSR count). The van der Waals surface area contributed by atoms with E-state index >= 15 is 0 Å². The van der Waals surface area contributed by atoms with Gasteiger partial charge in [-0.05, 0) is 109 Å². The molecule has 0 spiro atoms. The highest BCUT2D eigenvalue weighted by Gasteiger charge is 2.15. The number of rotatable bonds is 22. The van der Waals surface area contributed by atoms with Gasteiger partial charge in [-0.25, -0.2) is 0 Å². The Morgan fingerprint density at radius 1 is 0.467 bits per heavy atom. The molecule has 4 unspecified atom stereocenters. The predicted molar refractivity (Wildman–Crippen MR) is 250 cm³/mol. The topological polar surface area (TPSA) is 40.2 Å². The van der Waals surface area contributed by atoms with Crippen LogP contribution in [0, 0.1) is 0 Å². The lowest BCUT2D eigenvalue weighted by Gasteiger charge is -2.21. The molecule has 5 nitrogen and oxygen atoms in total. The molecule has 0 N–H and O–H groups in total. The molecule has 60 heavy (non-hydrogen) atoms. The normalized spacial score (nSPS) is 13.6. The van der Waals surface area contributed by atoms with Crippen LogP contribution in [0.2, 0.25) is 0 Å². The van der Waals surface area contributed by atoms with Crippen LogP contribution in [0.1, 0.15) is 99.0 Å². The number of nitrogens with zero attached hydrogens (tertiary/aromatic N) is 1. The van der Waals surface area contributed by atoms with Gasteiger partial charge in [0, 0.05) is 18.4 Å². The summed E-state index contributed by atoms with van der Waals surface area (Å²) in [5, 5.41) is 0. The van der Waals surface area contributed by atoms with Crippen molar-refractivity contribution in [2.45, 2.75) is 91.0 Å². The second-order valence-corrected chi connectivity index (χ2v) is 15.5. The second kappa shape index (κ2) is 23.1. The number of hydrogen-bond donors (Lipinski definition) is 0. The summed E-state index contributed by atoms with van der Waals surface area (Å²) >= 11 is 0. The van der Waals surface area contributed by atoms with Crippen LogP contribution in [0.5, 0.6) is 11.5 Å². The molecule has 0 aliphatic rings. The molecule has 0 heterocycles. The molecule has 0 aliphatic carbocycles. The largest absolute Gasteiger partial charge is 0.489 e. The smallest absolute Gasteiger partial charge is 0.119 e. The Bertz CT molecular complexity index is 2010. The van der Waals surface area contributed by atoms with Crippen LogP contribution in [-0.2, 0) is 22.7 Å². The first-order chi connectivity index (χ1) is 29.4. The monoisotopic (exact) mass is 799 g/mol. The van der Waals surface area contributed by atoms with E-state index in [1.807, 2.05) is 60.7 Å². The lowest BCUT2D eigenvalue weighted by molar-refractivity contribution is 0.0186. The van der Waals surface area contributed by atoms with E-state index in [2.05, 4.69) is 161 Å². The van der Waals surface area contributed by atoms with Gasteiger partial charge in [0.2, 0.25) is 0 Å². The molecular weight excluding hydrogens is 739 g/mol. The van der Waals surface area contributed by atoms with Gasteiger partial charge in [0.15, 0.2) is 0 Å². The zero-order chi connectivity index (χ0) is 41.9. The summed E-state index contributed by atoms with van der Waals surface area (Å²) in [6.07, 6.45) is 12.7. The van der Waals surface area contributed by atoms with E-state index in [4.69, 9.17) is 18.9 Å². The maximum Gasteiger partial charge on any atom is 0.119 e. The van der Waals surface area contributed by atoms with Gasteiger partial charge in [-0.3, -0.25) is 0 Å². The number of hydrogen-bond acceptors (Lipinski definition) is 5. The Kier molecular flexibility index (Phi) is 16.8. The highest BCUT2D eigenvalue weighted by molar-refractivity contribution is 5.66. The van der Waals surface area contributed by atoms with Crippen LogP contribution in [0.25, 0.3) is 12.2 Å². The number of ether oxygens (including phenoxy) is 4. The Hall–Kier alpha value is -5.88. The van der Waals surface area contributed by atoms with E-state index < -0.39 is 0 Å². The van der Waals surface area contributed by atoms with Gasteiger partial charge in [0.05, 0.1) is 12.2 Å².